The highest BCUT2D eigenvalue weighted by atomic mass is 14.9. The third-order valence-corrected chi connectivity index (χ3v) is 3.82. The van der Waals surface area contributed by atoms with Crippen molar-refractivity contribution in [1.82, 2.24) is 10.3 Å². The van der Waals surface area contributed by atoms with E-state index in [0.29, 0.717) is 6.04 Å². The van der Waals surface area contributed by atoms with Crippen LogP contribution in [0.5, 0.6) is 0 Å². The molecule has 112 valence electrons. The van der Waals surface area contributed by atoms with Gasteiger partial charge in [-0.15, -0.1) is 0 Å². The summed E-state index contributed by atoms with van der Waals surface area (Å²) in [6, 6.07) is 15.5. The summed E-state index contributed by atoms with van der Waals surface area (Å²) in [6.45, 7) is 5.48. The molecular formula is C19H26N2. The minimum Gasteiger partial charge on any atom is -0.310 e. The highest BCUT2D eigenvalue weighted by Crippen LogP contribution is 2.20. The predicted octanol–water partition coefficient (Wildman–Crippen LogP) is 4.32. The molecule has 1 N–H and O–H groups in total. The quantitative estimate of drug-likeness (QED) is 0.780. The summed E-state index contributed by atoms with van der Waals surface area (Å²) in [6.07, 6.45) is 6.23. The Bertz CT molecular complexity index is 522. The zero-order chi connectivity index (χ0) is 14.9. The third kappa shape index (κ3) is 4.98. The molecule has 2 aromatic rings. The maximum Gasteiger partial charge on any atom is 0.0404 e. The number of rotatable bonds is 8. The molecule has 2 rings (SSSR count). The molecule has 0 spiro atoms. The Morgan fingerprint density at radius 3 is 2.71 bits per heavy atom. The number of nitrogens with one attached hydrogen (secondary N) is 1. The van der Waals surface area contributed by atoms with E-state index in [1.54, 1.807) is 0 Å². The van der Waals surface area contributed by atoms with Gasteiger partial charge in [0.25, 0.3) is 0 Å². The molecule has 21 heavy (non-hydrogen) atoms. The van der Waals surface area contributed by atoms with Crippen LogP contribution < -0.4 is 5.32 Å². The summed E-state index contributed by atoms with van der Waals surface area (Å²) in [5.41, 5.74) is 3.99. The second-order valence-electron chi connectivity index (χ2n) is 5.47. The Kier molecular flexibility index (Phi) is 6.42. The largest absolute Gasteiger partial charge is 0.310 e. The van der Waals surface area contributed by atoms with E-state index in [2.05, 4.69) is 60.5 Å². The Balaban J connectivity index is 2.06. The minimum absolute atomic E-state index is 0.415. The van der Waals surface area contributed by atoms with Crippen LogP contribution in [0.3, 0.4) is 0 Å². The van der Waals surface area contributed by atoms with Crippen molar-refractivity contribution in [3.63, 3.8) is 0 Å². The van der Waals surface area contributed by atoms with E-state index in [1.165, 1.54) is 16.8 Å². The van der Waals surface area contributed by atoms with Gasteiger partial charge in [0.15, 0.2) is 0 Å². The lowest BCUT2D eigenvalue weighted by atomic mass is 9.98. The molecule has 0 aliphatic rings. The molecule has 0 aliphatic carbocycles. The SMILES string of the molecule is CCCNC(CCc1ccccn1)c1cccc(CC)c1. The molecule has 1 unspecified atom stereocenters. The first-order valence-electron chi connectivity index (χ1n) is 8.05. The highest BCUT2D eigenvalue weighted by molar-refractivity contribution is 5.26. The summed E-state index contributed by atoms with van der Waals surface area (Å²) in [4.78, 5) is 4.43. The van der Waals surface area contributed by atoms with Gasteiger partial charge in [-0.3, -0.25) is 4.98 Å². The van der Waals surface area contributed by atoms with Crippen molar-refractivity contribution >= 4 is 0 Å². The van der Waals surface area contributed by atoms with Gasteiger partial charge in [0.05, 0.1) is 0 Å². The van der Waals surface area contributed by atoms with Crippen LogP contribution in [0.4, 0.5) is 0 Å². The normalized spacial score (nSPS) is 12.3. The fourth-order valence-corrected chi connectivity index (χ4v) is 2.57. The molecule has 0 bridgehead atoms. The standard InChI is InChI=1S/C19H26N2/c1-3-13-21-19(12-11-18-10-5-6-14-20-18)17-9-7-8-16(4-2)15-17/h5-10,14-15,19,21H,3-4,11-13H2,1-2H3. The Morgan fingerprint density at radius 2 is 2.00 bits per heavy atom. The van der Waals surface area contributed by atoms with Crippen molar-refractivity contribution in [2.45, 2.75) is 45.6 Å². The van der Waals surface area contributed by atoms with Gasteiger partial charge >= 0.3 is 0 Å². The molecule has 0 saturated heterocycles. The fraction of sp³-hybridized carbons (Fsp3) is 0.421. The molecule has 0 saturated carbocycles. The van der Waals surface area contributed by atoms with Crippen molar-refractivity contribution in [3.8, 4) is 0 Å². The second-order valence-corrected chi connectivity index (χ2v) is 5.47. The van der Waals surface area contributed by atoms with Crippen molar-refractivity contribution in [2.24, 2.45) is 0 Å². The number of aryl methyl sites for hydroxylation is 2. The van der Waals surface area contributed by atoms with E-state index in [-0.39, 0.29) is 0 Å². The zero-order valence-electron chi connectivity index (χ0n) is 13.2. The van der Waals surface area contributed by atoms with Crippen molar-refractivity contribution in [1.29, 1.82) is 0 Å². The van der Waals surface area contributed by atoms with Crippen LogP contribution >= 0.6 is 0 Å². The van der Waals surface area contributed by atoms with Crippen LogP contribution in [0, 0.1) is 0 Å². The van der Waals surface area contributed by atoms with Crippen LogP contribution in [0.25, 0.3) is 0 Å². The van der Waals surface area contributed by atoms with Gasteiger partial charge in [-0.25, -0.2) is 0 Å². The lowest BCUT2D eigenvalue weighted by Gasteiger charge is -2.19. The molecule has 0 radical (unpaired) electrons. The third-order valence-electron chi connectivity index (χ3n) is 3.82. The highest BCUT2D eigenvalue weighted by Gasteiger charge is 2.11. The van der Waals surface area contributed by atoms with Crippen LogP contribution in [-0.4, -0.2) is 11.5 Å². The minimum atomic E-state index is 0.415. The molecule has 1 heterocycles. The van der Waals surface area contributed by atoms with Gasteiger partial charge in [0.1, 0.15) is 0 Å². The summed E-state index contributed by atoms with van der Waals surface area (Å²) in [5.74, 6) is 0. The van der Waals surface area contributed by atoms with Gasteiger partial charge in [0.2, 0.25) is 0 Å². The average molecular weight is 282 g/mol. The van der Waals surface area contributed by atoms with Crippen LogP contribution in [0.2, 0.25) is 0 Å². The number of pyridine rings is 1. The number of aromatic nitrogens is 1. The van der Waals surface area contributed by atoms with Gasteiger partial charge in [-0.2, -0.15) is 0 Å². The van der Waals surface area contributed by atoms with E-state index in [4.69, 9.17) is 0 Å². The molecular weight excluding hydrogens is 256 g/mol. The summed E-state index contributed by atoms with van der Waals surface area (Å²) in [5, 5.41) is 3.68. The lowest BCUT2D eigenvalue weighted by Crippen LogP contribution is -2.23. The molecule has 0 fully saturated rings. The number of nitrogens with zero attached hydrogens (tertiary/aromatic N) is 1. The monoisotopic (exact) mass is 282 g/mol. The Hall–Kier alpha value is -1.67. The summed E-state index contributed by atoms with van der Waals surface area (Å²) >= 11 is 0. The number of hydrogen-bond donors (Lipinski definition) is 1. The van der Waals surface area contributed by atoms with Crippen molar-refractivity contribution < 1.29 is 0 Å². The summed E-state index contributed by atoms with van der Waals surface area (Å²) < 4.78 is 0. The van der Waals surface area contributed by atoms with Crippen LogP contribution in [0.1, 0.15) is 49.6 Å². The van der Waals surface area contributed by atoms with Crippen LogP contribution in [-0.2, 0) is 12.8 Å². The van der Waals surface area contributed by atoms with E-state index in [9.17, 15) is 0 Å². The van der Waals surface area contributed by atoms with Gasteiger partial charge in [-0.1, -0.05) is 44.2 Å². The first-order valence-corrected chi connectivity index (χ1v) is 8.05. The molecule has 1 aromatic carbocycles. The molecule has 0 aliphatic heterocycles. The zero-order valence-corrected chi connectivity index (χ0v) is 13.2. The summed E-state index contributed by atoms with van der Waals surface area (Å²) in [7, 11) is 0. The van der Waals surface area contributed by atoms with E-state index < -0.39 is 0 Å². The Labute approximate surface area is 128 Å². The molecule has 2 heteroatoms. The molecule has 2 nitrogen and oxygen atoms in total. The van der Waals surface area contributed by atoms with E-state index in [1.807, 2.05) is 12.3 Å². The molecule has 0 amide bonds. The first-order chi connectivity index (χ1) is 10.3. The second kappa shape index (κ2) is 8.58. The van der Waals surface area contributed by atoms with Gasteiger partial charge in [0, 0.05) is 17.9 Å². The van der Waals surface area contributed by atoms with Crippen LogP contribution in [0.15, 0.2) is 48.7 Å². The molecule has 1 aromatic heterocycles. The molecule has 1 atom stereocenters. The predicted molar refractivity (Wildman–Crippen MR) is 89.4 cm³/mol. The smallest absolute Gasteiger partial charge is 0.0404 e. The van der Waals surface area contributed by atoms with E-state index in [0.717, 1.165) is 32.2 Å². The van der Waals surface area contributed by atoms with Gasteiger partial charge in [-0.05, 0) is 55.5 Å². The van der Waals surface area contributed by atoms with Crippen molar-refractivity contribution in [3.05, 3.63) is 65.5 Å². The van der Waals surface area contributed by atoms with Gasteiger partial charge < -0.3 is 5.32 Å². The average Bonchev–Trinajstić information content (AvgIpc) is 2.56. The maximum atomic E-state index is 4.43. The fourth-order valence-electron chi connectivity index (χ4n) is 2.57. The lowest BCUT2D eigenvalue weighted by molar-refractivity contribution is 0.497. The first kappa shape index (κ1) is 15.7. The number of benzene rings is 1. The maximum absolute atomic E-state index is 4.43. The Morgan fingerprint density at radius 1 is 1.10 bits per heavy atom. The topological polar surface area (TPSA) is 24.9 Å². The van der Waals surface area contributed by atoms with Crippen molar-refractivity contribution in [2.75, 3.05) is 6.54 Å². The number of hydrogen-bond acceptors (Lipinski definition) is 2. The van der Waals surface area contributed by atoms with E-state index >= 15 is 0 Å².